The quantitative estimate of drug-likeness (QED) is 0.704. The van der Waals surface area contributed by atoms with E-state index < -0.39 is 0 Å². The first-order valence-corrected chi connectivity index (χ1v) is 6.59. The molecule has 0 aliphatic carbocycles. The molecule has 0 fully saturated rings. The van der Waals surface area contributed by atoms with Crippen LogP contribution < -0.4 is 0 Å². The molecular formula is C12H19NO2S. The van der Waals surface area contributed by atoms with Crippen LogP contribution in [0.1, 0.15) is 5.56 Å². The standard InChI is InChI=1S/C12H19NO2S/c1-16-12-4-2-11(3-5-12)10-13(6-8-14)7-9-15/h2-5,14-15H,6-10H2,1H3. The van der Waals surface area contributed by atoms with Gasteiger partial charge in [-0.15, -0.1) is 11.8 Å². The molecule has 0 bridgehead atoms. The van der Waals surface area contributed by atoms with Gasteiger partial charge >= 0.3 is 0 Å². The van der Waals surface area contributed by atoms with Crippen LogP contribution in [0, 0.1) is 0 Å². The number of hydrogen-bond acceptors (Lipinski definition) is 4. The van der Waals surface area contributed by atoms with Crippen molar-refractivity contribution in [3.05, 3.63) is 29.8 Å². The predicted octanol–water partition coefficient (Wildman–Crippen LogP) is 1.20. The molecule has 1 rings (SSSR count). The van der Waals surface area contributed by atoms with Gasteiger partial charge in [-0.05, 0) is 24.0 Å². The summed E-state index contributed by atoms with van der Waals surface area (Å²) in [5, 5.41) is 17.8. The highest BCUT2D eigenvalue weighted by Gasteiger charge is 2.04. The third-order valence-electron chi connectivity index (χ3n) is 2.40. The summed E-state index contributed by atoms with van der Waals surface area (Å²) in [7, 11) is 0. The molecule has 1 aromatic rings. The van der Waals surface area contributed by atoms with Gasteiger partial charge in [0.15, 0.2) is 0 Å². The summed E-state index contributed by atoms with van der Waals surface area (Å²) in [5.74, 6) is 0. The topological polar surface area (TPSA) is 43.7 Å². The van der Waals surface area contributed by atoms with E-state index in [1.54, 1.807) is 11.8 Å². The van der Waals surface area contributed by atoms with E-state index in [9.17, 15) is 0 Å². The molecule has 16 heavy (non-hydrogen) atoms. The Hall–Kier alpha value is -0.550. The van der Waals surface area contributed by atoms with Crippen LogP contribution in [0.2, 0.25) is 0 Å². The fourth-order valence-electron chi connectivity index (χ4n) is 1.54. The number of rotatable bonds is 7. The van der Waals surface area contributed by atoms with E-state index in [-0.39, 0.29) is 13.2 Å². The number of hydrogen-bond donors (Lipinski definition) is 2. The highest BCUT2D eigenvalue weighted by Crippen LogP contribution is 2.15. The number of aliphatic hydroxyl groups excluding tert-OH is 2. The zero-order valence-corrected chi connectivity index (χ0v) is 10.4. The Labute approximate surface area is 101 Å². The molecule has 3 nitrogen and oxygen atoms in total. The molecule has 0 saturated heterocycles. The van der Waals surface area contributed by atoms with E-state index in [0.717, 1.165) is 6.54 Å². The predicted molar refractivity (Wildman–Crippen MR) is 67.7 cm³/mol. The van der Waals surface area contributed by atoms with Gasteiger partial charge in [0, 0.05) is 24.5 Å². The van der Waals surface area contributed by atoms with E-state index in [2.05, 4.69) is 30.5 Å². The van der Waals surface area contributed by atoms with E-state index in [1.807, 2.05) is 4.90 Å². The second kappa shape index (κ2) is 7.68. The monoisotopic (exact) mass is 241 g/mol. The summed E-state index contributed by atoms with van der Waals surface area (Å²) in [6.45, 7) is 2.23. The Balaban J connectivity index is 2.54. The average molecular weight is 241 g/mol. The molecule has 90 valence electrons. The highest BCUT2D eigenvalue weighted by molar-refractivity contribution is 7.98. The normalized spacial score (nSPS) is 11.0. The zero-order valence-electron chi connectivity index (χ0n) is 9.59. The van der Waals surface area contributed by atoms with Crippen molar-refractivity contribution in [3.63, 3.8) is 0 Å². The second-order valence-corrected chi connectivity index (χ2v) is 4.45. The third kappa shape index (κ3) is 4.53. The van der Waals surface area contributed by atoms with Crippen molar-refractivity contribution in [2.75, 3.05) is 32.6 Å². The van der Waals surface area contributed by atoms with Crippen molar-refractivity contribution in [2.45, 2.75) is 11.4 Å². The summed E-state index contributed by atoms with van der Waals surface area (Å²) in [6.07, 6.45) is 2.05. The first kappa shape index (κ1) is 13.5. The number of thioether (sulfide) groups is 1. The Morgan fingerprint density at radius 1 is 1.06 bits per heavy atom. The summed E-state index contributed by atoms with van der Waals surface area (Å²) in [5.41, 5.74) is 1.21. The largest absolute Gasteiger partial charge is 0.395 e. The summed E-state index contributed by atoms with van der Waals surface area (Å²) in [4.78, 5) is 3.29. The van der Waals surface area contributed by atoms with Gasteiger partial charge in [-0.3, -0.25) is 4.90 Å². The van der Waals surface area contributed by atoms with Crippen molar-refractivity contribution in [1.29, 1.82) is 0 Å². The van der Waals surface area contributed by atoms with E-state index in [1.165, 1.54) is 10.5 Å². The minimum absolute atomic E-state index is 0.128. The second-order valence-electron chi connectivity index (χ2n) is 3.57. The zero-order chi connectivity index (χ0) is 11.8. The lowest BCUT2D eigenvalue weighted by Gasteiger charge is -2.20. The first-order valence-electron chi connectivity index (χ1n) is 5.37. The molecule has 0 amide bonds. The fourth-order valence-corrected chi connectivity index (χ4v) is 1.95. The highest BCUT2D eigenvalue weighted by atomic mass is 32.2. The van der Waals surface area contributed by atoms with Gasteiger partial charge in [0.05, 0.1) is 13.2 Å². The van der Waals surface area contributed by atoms with Gasteiger partial charge in [-0.2, -0.15) is 0 Å². The van der Waals surface area contributed by atoms with Crippen LogP contribution in [-0.4, -0.2) is 47.7 Å². The molecule has 0 heterocycles. The Morgan fingerprint density at radius 3 is 2.06 bits per heavy atom. The maximum Gasteiger partial charge on any atom is 0.0558 e. The van der Waals surface area contributed by atoms with Gasteiger partial charge in [-0.1, -0.05) is 12.1 Å². The Kier molecular flexibility index (Phi) is 6.49. The lowest BCUT2D eigenvalue weighted by molar-refractivity contribution is 0.156. The van der Waals surface area contributed by atoms with Crippen molar-refractivity contribution >= 4 is 11.8 Å². The third-order valence-corrected chi connectivity index (χ3v) is 3.14. The lowest BCUT2D eigenvalue weighted by atomic mass is 10.2. The van der Waals surface area contributed by atoms with Crippen LogP contribution in [0.25, 0.3) is 0 Å². The molecule has 0 saturated carbocycles. The van der Waals surface area contributed by atoms with Gasteiger partial charge in [-0.25, -0.2) is 0 Å². The molecular weight excluding hydrogens is 222 g/mol. The minimum Gasteiger partial charge on any atom is -0.395 e. The van der Waals surface area contributed by atoms with Crippen LogP contribution >= 0.6 is 11.8 Å². The van der Waals surface area contributed by atoms with Crippen molar-refractivity contribution in [1.82, 2.24) is 4.90 Å². The maximum atomic E-state index is 8.90. The molecule has 0 spiro atoms. The van der Waals surface area contributed by atoms with Crippen LogP contribution in [0.5, 0.6) is 0 Å². The van der Waals surface area contributed by atoms with Crippen LogP contribution in [0.4, 0.5) is 0 Å². The molecule has 0 atom stereocenters. The molecule has 0 aliphatic heterocycles. The molecule has 0 radical (unpaired) electrons. The Morgan fingerprint density at radius 2 is 1.62 bits per heavy atom. The van der Waals surface area contributed by atoms with E-state index in [4.69, 9.17) is 10.2 Å². The molecule has 0 aliphatic rings. The fraction of sp³-hybridized carbons (Fsp3) is 0.500. The molecule has 4 heteroatoms. The lowest BCUT2D eigenvalue weighted by Crippen LogP contribution is -2.29. The van der Waals surface area contributed by atoms with Gasteiger partial charge in [0.25, 0.3) is 0 Å². The van der Waals surface area contributed by atoms with Gasteiger partial charge in [0.1, 0.15) is 0 Å². The molecule has 1 aromatic carbocycles. The summed E-state index contributed by atoms with van der Waals surface area (Å²) in [6, 6.07) is 8.37. The number of benzene rings is 1. The van der Waals surface area contributed by atoms with E-state index in [0.29, 0.717) is 13.1 Å². The van der Waals surface area contributed by atoms with Crippen LogP contribution in [0.3, 0.4) is 0 Å². The van der Waals surface area contributed by atoms with E-state index >= 15 is 0 Å². The van der Waals surface area contributed by atoms with Crippen LogP contribution in [-0.2, 0) is 6.54 Å². The van der Waals surface area contributed by atoms with Crippen molar-refractivity contribution < 1.29 is 10.2 Å². The Bertz CT molecular complexity index is 284. The van der Waals surface area contributed by atoms with Crippen molar-refractivity contribution in [2.24, 2.45) is 0 Å². The summed E-state index contributed by atoms with van der Waals surface area (Å²) < 4.78 is 0. The maximum absolute atomic E-state index is 8.90. The van der Waals surface area contributed by atoms with Crippen molar-refractivity contribution in [3.8, 4) is 0 Å². The number of aliphatic hydroxyl groups is 2. The van der Waals surface area contributed by atoms with Gasteiger partial charge in [0.2, 0.25) is 0 Å². The SMILES string of the molecule is CSc1ccc(CN(CCO)CCO)cc1. The number of nitrogens with zero attached hydrogens (tertiary/aromatic N) is 1. The molecule has 0 aromatic heterocycles. The van der Waals surface area contributed by atoms with Crippen LogP contribution in [0.15, 0.2) is 29.2 Å². The minimum atomic E-state index is 0.128. The average Bonchev–Trinajstić information content (AvgIpc) is 2.31. The molecule has 0 unspecified atom stereocenters. The molecule has 2 N–H and O–H groups in total. The first-order chi connectivity index (χ1) is 7.80. The smallest absolute Gasteiger partial charge is 0.0558 e. The van der Waals surface area contributed by atoms with Gasteiger partial charge < -0.3 is 10.2 Å². The summed E-state index contributed by atoms with van der Waals surface area (Å²) >= 11 is 1.72.